The first-order valence-electron chi connectivity index (χ1n) is 7.17. The average molecular weight is 317 g/mol. The Kier molecular flexibility index (Phi) is 4.68. The maximum atomic E-state index is 13.9. The van der Waals surface area contributed by atoms with Gasteiger partial charge in [0.25, 0.3) is 5.91 Å². The highest BCUT2D eigenvalue weighted by atomic mass is 32.2. The maximum Gasteiger partial charge on any atom is 0.274 e. The first kappa shape index (κ1) is 15.0. The molecule has 1 fully saturated rings. The first-order valence-corrected chi connectivity index (χ1v) is 8.22. The Morgan fingerprint density at radius 2 is 2.14 bits per heavy atom. The van der Waals surface area contributed by atoms with E-state index in [2.05, 4.69) is 9.97 Å². The van der Waals surface area contributed by atoms with Crippen molar-refractivity contribution in [1.29, 1.82) is 0 Å². The van der Waals surface area contributed by atoms with Gasteiger partial charge in [0.1, 0.15) is 11.5 Å². The summed E-state index contributed by atoms with van der Waals surface area (Å²) in [5, 5.41) is 0.0841. The van der Waals surface area contributed by atoms with Gasteiger partial charge in [-0.15, -0.1) is 0 Å². The molecule has 1 aliphatic rings. The summed E-state index contributed by atoms with van der Waals surface area (Å²) in [6, 6.07) is 6.87. The summed E-state index contributed by atoms with van der Waals surface area (Å²) in [6.45, 7) is 1.24. The molecule has 6 heteroatoms. The molecule has 1 atom stereocenters. The number of benzene rings is 1. The number of hydrogen-bond acceptors (Lipinski definition) is 4. The zero-order chi connectivity index (χ0) is 15.4. The third-order valence-corrected chi connectivity index (χ3v) is 4.97. The molecular weight excluding hydrogens is 301 g/mol. The Balaban J connectivity index is 1.70. The van der Waals surface area contributed by atoms with Crippen LogP contribution in [0.3, 0.4) is 0 Å². The molecule has 0 N–H and O–H groups in total. The molecule has 0 saturated carbocycles. The highest BCUT2D eigenvalue weighted by Crippen LogP contribution is 2.35. The van der Waals surface area contributed by atoms with Gasteiger partial charge in [-0.25, -0.2) is 9.37 Å². The van der Waals surface area contributed by atoms with Crippen molar-refractivity contribution in [2.45, 2.75) is 11.7 Å². The van der Waals surface area contributed by atoms with Crippen molar-refractivity contribution in [3.05, 3.63) is 59.9 Å². The van der Waals surface area contributed by atoms with Crippen LogP contribution in [0.5, 0.6) is 0 Å². The predicted octanol–water partition coefficient (Wildman–Crippen LogP) is 2.94. The molecule has 2 aromatic rings. The molecule has 2 heterocycles. The van der Waals surface area contributed by atoms with Crippen LogP contribution in [0.15, 0.2) is 42.9 Å². The largest absolute Gasteiger partial charge is 0.336 e. The zero-order valence-electron chi connectivity index (χ0n) is 12.0. The molecule has 1 unspecified atom stereocenters. The molecular formula is C16H16FN3OS. The number of hydrogen-bond donors (Lipinski definition) is 0. The van der Waals surface area contributed by atoms with E-state index in [4.69, 9.17) is 0 Å². The highest BCUT2D eigenvalue weighted by molar-refractivity contribution is 7.99. The van der Waals surface area contributed by atoms with E-state index in [9.17, 15) is 9.18 Å². The van der Waals surface area contributed by atoms with Crippen LogP contribution in [0.25, 0.3) is 0 Å². The van der Waals surface area contributed by atoms with Crippen molar-refractivity contribution in [3.8, 4) is 0 Å². The van der Waals surface area contributed by atoms with Gasteiger partial charge >= 0.3 is 0 Å². The number of halogens is 1. The maximum absolute atomic E-state index is 13.9. The molecule has 1 aromatic carbocycles. The van der Waals surface area contributed by atoms with Crippen LogP contribution < -0.4 is 0 Å². The SMILES string of the molecule is O=C(c1cnccn1)N1CCSC(c2ccccc2F)CC1. The monoisotopic (exact) mass is 317 g/mol. The van der Waals surface area contributed by atoms with Crippen molar-refractivity contribution in [2.75, 3.05) is 18.8 Å². The molecule has 1 amide bonds. The first-order chi connectivity index (χ1) is 10.8. The van der Waals surface area contributed by atoms with Gasteiger partial charge in [-0.2, -0.15) is 11.8 Å². The van der Waals surface area contributed by atoms with Gasteiger partial charge < -0.3 is 4.90 Å². The molecule has 114 valence electrons. The third kappa shape index (κ3) is 3.27. The standard InChI is InChI=1S/C16H16FN3OS/c17-13-4-2-1-3-12(13)15-5-8-20(9-10-22-15)16(21)14-11-18-6-7-19-14/h1-4,6-7,11,15H,5,8-10H2. The quantitative estimate of drug-likeness (QED) is 0.854. The third-order valence-electron chi connectivity index (χ3n) is 3.66. The van der Waals surface area contributed by atoms with E-state index in [1.54, 1.807) is 28.9 Å². The Morgan fingerprint density at radius 3 is 2.91 bits per heavy atom. The number of aromatic nitrogens is 2. The summed E-state index contributed by atoms with van der Waals surface area (Å²) in [6.07, 6.45) is 5.28. The van der Waals surface area contributed by atoms with E-state index < -0.39 is 0 Å². The van der Waals surface area contributed by atoms with E-state index in [0.29, 0.717) is 18.8 Å². The van der Waals surface area contributed by atoms with E-state index in [0.717, 1.165) is 17.7 Å². The number of rotatable bonds is 2. The summed E-state index contributed by atoms with van der Waals surface area (Å²) in [5.74, 6) is 0.502. The number of thioether (sulfide) groups is 1. The van der Waals surface area contributed by atoms with Gasteiger partial charge in [0, 0.05) is 42.0 Å². The van der Waals surface area contributed by atoms with Crippen molar-refractivity contribution in [3.63, 3.8) is 0 Å². The zero-order valence-corrected chi connectivity index (χ0v) is 12.8. The van der Waals surface area contributed by atoms with Crippen LogP contribution in [0.1, 0.15) is 27.7 Å². The Morgan fingerprint density at radius 1 is 1.27 bits per heavy atom. The van der Waals surface area contributed by atoms with Crippen molar-refractivity contribution in [1.82, 2.24) is 14.9 Å². The van der Waals surface area contributed by atoms with Crippen LogP contribution in [0.2, 0.25) is 0 Å². The van der Waals surface area contributed by atoms with Crippen LogP contribution in [0.4, 0.5) is 4.39 Å². The van der Waals surface area contributed by atoms with E-state index in [-0.39, 0.29) is 17.0 Å². The number of amides is 1. The Labute approximate surface area is 132 Å². The Bertz CT molecular complexity index is 653. The van der Waals surface area contributed by atoms with Crippen LogP contribution in [-0.2, 0) is 0 Å². The molecule has 3 rings (SSSR count). The lowest BCUT2D eigenvalue weighted by molar-refractivity contribution is 0.0760. The minimum Gasteiger partial charge on any atom is -0.336 e. The lowest BCUT2D eigenvalue weighted by Gasteiger charge is -2.19. The number of nitrogens with zero attached hydrogens (tertiary/aromatic N) is 3. The Hall–Kier alpha value is -1.95. The van der Waals surface area contributed by atoms with Crippen LogP contribution in [-0.4, -0.2) is 39.6 Å². The summed E-state index contributed by atoms with van der Waals surface area (Å²) in [5.41, 5.74) is 1.08. The molecule has 1 aliphatic heterocycles. The topological polar surface area (TPSA) is 46.1 Å². The minimum atomic E-state index is -0.172. The highest BCUT2D eigenvalue weighted by Gasteiger charge is 2.24. The molecule has 0 spiro atoms. The van der Waals surface area contributed by atoms with Crippen molar-refractivity contribution in [2.24, 2.45) is 0 Å². The fraction of sp³-hybridized carbons (Fsp3) is 0.312. The molecule has 22 heavy (non-hydrogen) atoms. The molecule has 1 aromatic heterocycles. The smallest absolute Gasteiger partial charge is 0.274 e. The predicted molar refractivity (Wildman–Crippen MR) is 84.2 cm³/mol. The van der Waals surface area contributed by atoms with Gasteiger partial charge in [0.15, 0.2) is 0 Å². The average Bonchev–Trinajstić information content (AvgIpc) is 2.81. The molecule has 0 aliphatic carbocycles. The molecule has 1 saturated heterocycles. The van der Waals surface area contributed by atoms with Gasteiger partial charge in [0.2, 0.25) is 0 Å². The van der Waals surface area contributed by atoms with Gasteiger partial charge in [0.05, 0.1) is 6.20 Å². The fourth-order valence-electron chi connectivity index (χ4n) is 2.53. The molecule has 0 radical (unpaired) electrons. The summed E-state index contributed by atoms with van der Waals surface area (Å²) in [4.78, 5) is 22.2. The fourth-order valence-corrected chi connectivity index (χ4v) is 3.78. The second kappa shape index (κ2) is 6.87. The number of carbonyl (C=O) groups excluding carboxylic acids is 1. The van der Waals surface area contributed by atoms with Crippen LogP contribution in [0, 0.1) is 5.82 Å². The van der Waals surface area contributed by atoms with Gasteiger partial charge in [-0.1, -0.05) is 18.2 Å². The molecule has 4 nitrogen and oxygen atoms in total. The summed E-state index contributed by atoms with van der Waals surface area (Å²) >= 11 is 1.70. The van der Waals surface area contributed by atoms with Crippen molar-refractivity contribution >= 4 is 17.7 Å². The van der Waals surface area contributed by atoms with Gasteiger partial charge in [-0.3, -0.25) is 9.78 Å². The van der Waals surface area contributed by atoms with E-state index >= 15 is 0 Å². The van der Waals surface area contributed by atoms with E-state index in [1.807, 2.05) is 12.1 Å². The van der Waals surface area contributed by atoms with Crippen molar-refractivity contribution < 1.29 is 9.18 Å². The lowest BCUT2D eigenvalue weighted by atomic mass is 10.1. The van der Waals surface area contributed by atoms with E-state index in [1.165, 1.54) is 18.5 Å². The summed E-state index contributed by atoms with van der Waals surface area (Å²) in [7, 11) is 0. The number of carbonyl (C=O) groups is 1. The van der Waals surface area contributed by atoms with Crippen LogP contribution >= 0.6 is 11.8 Å². The summed E-state index contributed by atoms with van der Waals surface area (Å²) < 4.78 is 13.9. The van der Waals surface area contributed by atoms with Gasteiger partial charge in [-0.05, 0) is 12.5 Å². The second-order valence-electron chi connectivity index (χ2n) is 5.05. The minimum absolute atomic E-state index is 0.0841. The normalized spacial score (nSPS) is 18.8. The second-order valence-corrected chi connectivity index (χ2v) is 6.36. The molecule has 0 bridgehead atoms. The lowest BCUT2D eigenvalue weighted by Crippen LogP contribution is -2.33.